The van der Waals surface area contributed by atoms with Gasteiger partial charge in [0, 0.05) is 81.5 Å². The number of rotatable bonds is 50. The zero-order valence-corrected chi connectivity index (χ0v) is 68.4. The minimum absolute atomic E-state index is 0.0262. The fourth-order valence-corrected chi connectivity index (χ4v) is 13.1. The van der Waals surface area contributed by atoms with Gasteiger partial charge in [0.2, 0.25) is 35.4 Å². The average Bonchev–Trinajstić information content (AvgIpc) is 1.58. The summed E-state index contributed by atoms with van der Waals surface area (Å²) in [7, 11) is 4.77. The predicted molar refractivity (Wildman–Crippen MR) is 420 cm³/mol. The lowest BCUT2D eigenvalue weighted by molar-refractivity contribution is -0.172. The third-order valence-corrected chi connectivity index (χ3v) is 19.5. The highest BCUT2D eigenvalue weighted by Gasteiger charge is 2.46. The van der Waals surface area contributed by atoms with Gasteiger partial charge in [0.25, 0.3) is 5.56 Å². The molecule has 0 fully saturated rings. The topological polar surface area (TPSA) is 475 Å². The van der Waals surface area contributed by atoms with Crippen LogP contribution in [-0.2, 0) is 124 Å². The molecule has 0 saturated heterocycles. The lowest BCUT2D eigenvalue weighted by atomic mass is 9.81. The number of halogens is 1. The Morgan fingerprint density at radius 1 is 0.735 bits per heavy atom. The summed E-state index contributed by atoms with van der Waals surface area (Å²) in [5.74, 6) is -5.97. The summed E-state index contributed by atoms with van der Waals surface area (Å²) in [5, 5.41) is 40.4. The third-order valence-electron chi connectivity index (χ3n) is 19.5. The van der Waals surface area contributed by atoms with Crippen molar-refractivity contribution in [2.75, 3.05) is 158 Å². The second kappa shape index (κ2) is 46.2. The number of carboxylic acids is 1. The van der Waals surface area contributed by atoms with E-state index in [2.05, 4.69) is 37.2 Å². The largest absolute Gasteiger partial charge is 0.481 e. The van der Waals surface area contributed by atoms with E-state index in [-0.39, 0.29) is 195 Å². The maximum absolute atomic E-state index is 15.6. The van der Waals surface area contributed by atoms with E-state index in [0.29, 0.717) is 74.2 Å². The van der Waals surface area contributed by atoms with Crippen molar-refractivity contribution in [2.45, 2.75) is 155 Å². The van der Waals surface area contributed by atoms with Gasteiger partial charge in [0.15, 0.2) is 5.60 Å². The molecule has 7 rings (SSSR count). The molecule has 2 aromatic carbocycles. The van der Waals surface area contributed by atoms with E-state index in [1.807, 2.05) is 0 Å². The number of aliphatic carboxylic acids is 1. The van der Waals surface area contributed by atoms with E-state index in [9.17, 15) is 62.6 Å². The number of esters is 1. The number of hydrogen-bond donors (Lipinski definition) is 10. The monoisotopic (exact) mass is 1650 g/mol. The summed E-state index contributed by atoms with van der Waals surface area (Å²) >= 11 is 0. The predicted octanol–water partition coefficient (Wildman–Crippen LogP) is 2.81. The van der Waals surface area contributed by atoms with Crippen molar-refractivity contribution in [2.24, 2.45) is 11.7 Å². The highest BCUT2D eigenvalue weighted by molar-refractivity contribution is 5.99. The van der Waals surface area contributed by atoms with Crippen molar-refractivity contribution < 1.29 is 115 Å². The number of nitrogens with two attached hydrogens (primary N) is 1. The van der Waals surface area contributed by atoms with E-state index in [1.165, 1.54) is 34.5 Å². The number of urea groups is 1. The van der Waals surface area contributed by atoms with E-state index < -0.39 is 125 Å². The van der Waals surface area contributed by atoms with Crippen molar-refractivity contribution >= 4 is 82.2 Å². The molecule has 0 bridgehead atoms. The summed E-state index contributed by atoms with van der Waals surface area (Å²) in [5.41, 5.74) is 7.22. The van der Waals surface area contributed by atoms with Crippen LogP contribution in [0.15, 0.2) is 35.1 Å². The maximum atomic E-state index is 15.6. The number of anilines is 1. The van der Waals surface area contributed by atoms with Gasteiger partial charge < -0.3 is 120 Å². The molecule has 117 heavy (non-hydrogen) atoms. The van der Waals surface area contributed by atoms with Gasteiger partial charge in [0.05, 0.1) is 140 Å². The number of likely N-dealkylation sites (N-methyl/N-ethyl adjacent to an activating group) is 2. The van der Waals surface area contributed by atoms with Crippen LogP contribution < -0.4 is 48.5 Å². The van der Waals surface area contributed by atoms with Crippen LogP contribution in [0.3, 0.4) is 0 Å². The van der Waals surface area contributed by atoms with Gasteiger partial charge in [0.1, 0.15) is 49.8 Å². The van der Waals surface area contributed by atoms with Crippen LogP contribution in [0.25, 0.3) is 22.3 Å². The number of nitrogens with zero attached hydrogens (tertiary/aromatic N) is 5. The number of aliphatic hydroxyl groups is 1. The summed E-state index contributed by atoms with van der Waals surface area (Å²) in [6.07, 6.45) is -0.892. The SMILES string of the molecule is CC[C@@]1(O)C(=O)OCc2c1cc1n(c2=O)Cc2c-1nc1cc(F)c(C)c3c1c2[C@@H](NC(=O)OCc1ccc(NC(=O)[C@H](CCCNC(N)=O)NC(=O)[C@@H](NC(=O)CCOCCOCCOCCN(C)C(=O)CN(CC(=O)N(C)CCOCCOCCOCCC(=O)O)C(=O)CCOCCNC(=O)OC(C)(C)C)C(C)C)cc1CNC)CC3. The van der Waals surface area contributed by atoms with Gasteiger partial charge in [-0.3, -0.25) is 38.4 Å². The molecule has 1 aliphatic carbocycles. The molecule has 2 aromatic heterocycles. The second-order valence-corrected chi connectivity index (χ2v) is 29.6. The van der Waals surface area contributed by atoms with Gasteiger partial charge in [-0.05, 0) is 119 Å². The van der Waals surface area contributed by atoms with E-state index >= 15 is 4.39 Å². The molecule has 0 saturated carbocycles. The highest BCUT2D eigenvalue weighted by atomic mass is 19.1. The smallest absolute Gasteiger partial charge is 0.407 e. The minimum Gasteiger partial charge on any atom is -0.481 e. The Morgan fingerprint density at radius 3 is 1.94 bits per heavy atom. The zero-order chi connectivity index (χ0) is 85.5. The number of ether oxygens (including phenoxy) is 10. The quantitative estimate of drug-likeness (QED) is 0.0152. The summed E-state index contributed by atoms with van der Waals surface area (Å²) in [6, 6.07) is 4.12. The number of aryl methyl sites for hydroxylation is 1. The molecular weight excluding hydrogens is 1530 g/mol. The second-order valence-electron chi connectivity index (χ2n) is 29.6. The fourth-order valence-electron chi connectivity index (χ4n) is 13.1. The van der Waals surface area contributed by atoms with Crippen molar-refractivity contribution in [1.82, 2.24) is 56.2 Å². The summed E-state index contributed by atoms with van der Waals surface area (Å²) in [6.45, 7) is 13.1. The number of carbonyl (C=O) groups is 11. The lowest BCUT2D eigenvalue weighted by Crippen LogP contribution is -2.54. The van der Waals surface area contributed by atoms with E-state index in [0.717, 1.165) is 4.90 Å². The zero-order valence-electron chi connectivity index (χ0n) is 68.4. The van der Waals surface area contributed by atoms with Gasteiger partial charge >= 0.3 is 30.2 Å². The van der Waals surface area contributed by atoms with Crippen molar-refractivity contribution in [3.63, 3.8) is 0 Å². The Labute approximate surface area is 678 Å². The number of alkyl carbamates (subject to hydrolysis) is 2. The molecule has 4 heterocycles. The molecule has 38 heteroatoms. The van der Waals surface area contributed by atoms with E-state index in [1.54, 1.807) is 79.8 Å². The molecule has 2 aliphatic heterocycles. The molecule has 10 amide bonds. The van der Waals surface area contributed by atoms with Gasteiger partial charge in [-0.15, -0.1) is 0 Å². The first-order valence-electron chi connectivity index (χ1n) is 39.2. The Bertz CT molecular complexity index is 4200. The first-order chi connectivity index (χ1) is 55.7. The number of pyridine rings is 2. The highest BCUT2D eigenvalue weighted by Crippen LogP contribution is 2.46. The molecule has 646 valence electrons. The Hall–Kier alpha value is -10.1. The van der Waals surface area contributed by atoms with Gasteiger partial charge in [-0.2, -0.15) is 0 Å². The van der Waals surface area contributed by atoms with Gasteiger partial charge in [-0.25, -0.2) is 28.6 Å². The van der Waals surface area contributed by atoms with Crippen LogP contribution in [0.4, 0.5) is 24.5 Å². The molecule has 4 aromatic rings. The minimum atomic E-state index is -2.07. The van der Waals surface area contributed by atoms with Crippen LogP contribution >= 0.6 is 0 Å². The number of benzene rings is 2. The van der Waals surface area contributed by atoms with Crippen LogP contribution in [-0.4, -0.2) is 271 Å². The first-order valence-corrected chi connectivity index (χ1v) is 39.2. The number of amides is 10. The Kier molecular flexibility index (Phi) is 37.1. The number of fused-ring (bicyclic) bond motifs is 5. The number of aromatic nitrogens is 2. The molecule has 0 spiro atoms. The molecule has 0 radical (unpaired) electrons. The molecule has 37 nitrogen and oxygen atoms in total. The van der Waals surface area contributed by atoms with Crippen molar-refractivity contribution in [1.29, 1.82) is 0 Å². The Morgan fingerprint density at radius 2 is 1.34 bits per heavy atom. The van der Waals surface area contributed by atoms with Crippen LogP contribution in [0.1, 0.15) is 137 Å². The number of cyclic esters (lactones) is 1. The lowest BCUT2D eigenvalue weighted by Gasteiger charge is -2.31. The first kappa shape index (κ1) is 94.1. The number of nitrogens with one attached hydrogen (secondary N) is 7. The van der Waals surface area contributed by atoms with Crippen LogP contribution in [0, 0.1) is 18.7 Å². The third kappa shape index (κ3) is 28.3. The molecule has 0 unspecified atom stereocenters. The van der Waals surface area contributed by atoms with Gasteiger partial charge in [-0.1, -0.05) is 26.8 Å². The number of primary amides is 1. The molecule has 3 aliphatic rings. The fraction of sp³-hybridized carbons (Fsp3) is 0.608. The Balaban J connectivity index is 0.837. The molecule has 4 atom stereocenters. The number of carbonyl (C=O) groups excluding carboxylic acids is 10. The van der Waals surface area contributed by atoms with Crippen LogP contribution in [0.5, 0.6) is 0 Å². The van der Waals surface area contributed by atoms with Crippen LogP contribution in [0.2, 0.25) is 0 Å². The summed E-state index contributed by atoms with van der Waals surface area (Å²) < 4.78 is 72.1. The van der Waals surface area contributed by atoms with Crippen molar-refractivity contribution in [3.05, 3.63) is 91.0 Å². The summed E-state index contributed by atoms with van der Waals surface area (Å²) in [4.78, 5) is 166. The van der Waals surface area contributed by atoms with E-state index in [4.69, 9.17) is 63.2 Å². The number of carboxylic acid groups (broad SMARTS) is 1. The normalized spacial score (nSPS) is 15.1. The van der Waals surface area contributed by atoms with Crippen molar-refractivity contribution in [3.8, 4) is 11.4 Å². The number of hydrogen-bond acceptors (Lipinski definition) is 25. The standard InChI is InChI=1S/C79H114FN13O24/c1-11-79(107)56-40-61-70-54(43-93(61)73(102)55(56)47-115-74(79)103)68-58(17-16-53-49(4)57(80)41-60(86-70)67(53)68)88-77(106)116-46-50-14-15-52(39-51(50)42-82-8)85-71(100)59(13-12-21-83-75(81)104)87-72(101)69(48(2)3)89-62(94)18-25-109-31-35-113-37-33-111-29-23-90(9)64(96)44-92(63(95)19-26-108-28-22-84-76(105)117-78(5,6)7)45-65(97)91(10)24-30-112-34-38-114-36-32-110-27-20-66(98)99/h14-15,39-41,48,58-59,69,82,107H,11-13,16-38,42-47H2,1-10H3,(H,84,105)(H,85,100)(H,87,101)(H,88,106)(H,89,94)(H,98,99)(H3,81,83,104)/t58-,59-,69-,79-/m0/s1. The average molecular weight is 1650 g/mol. The maximum Gasteiger partial charge on any atom is 0.407 e. The molecule has 11 N–H and O–H groups in total. The molecular formula is C79H114FN13O24.